The predicted molar refractivity (Wildman–Crippen MR) is 142 cm³/mol. The number of methoxy groups -OCH3 is 1. The summed E-state index contributed by atoms with van der Waals surface area (Å²) < 4.78 is 58.1. The Morgan fingerprint density at radius 2 is 1.90 bits per heavy atom. The molecule has 0 radical (unpaired) electrons. The number of ether oxygens (including phenoxy) is 1. The van der Waals surface area contributed by atoms with E-state index < -0.39 is 30.6 Å². The van der Waals surface area contributed by atoms with Gasteiger partial charge < -0.3 is 16.2 Å². The van der Waals surface area contributed by atoms with Gasteiger partial charge in [-0.05, 0) is 42.0 Å². The van der Waals surface area contributed by atoms with Crippen molar-refractivity contribution < 1.29 is 27.1 Å². The summed E-state index contributed by atoms with van der Waals surface area (Å²) in [5, 5.41) is 0.490. The molecule has 4 N–H and O–H groups in total. The standard InChI is InChI=1S/C25H24ClF4N7O2/c1-33-25(32)37(24(38)15-5-7-17-13(9-15)4-8-18(35-17)21(27)28)20(11-39-2)14-3-6-16(26)19(10-14)36-23(22(29)30)34-12-31/h3-10,12,20-22H,11H2,1-2H3,(H2,32,33)(H2,31,34,36)/t20-/m1/s1. The normalized spacial score (nSPS) is 13.6. The highest BCUT2D eigenvalue weighted by Gasteiger charge is 2.30. The molecule has 14 heteroatoms. The van der Waals surface area contributed by atoms with E-state index in [1.807, 2.05) is 0 Å². The molecule has 3 aromatic rings. The number of alkyl halides is 4. The zero-order valence-corrected chi connectivity index (χ0v) is 21.5. The summed E-state index contributed by atoms with van der Waals surface area (Å²) in [5.41, 5.74) is 11.7. The average molecular weight is 566 g/mol. The molecule has 0 aliphatic rings. The van der Waals surface area contributed by atoms with E-state index in [2.05, 4.69) is 20.0 Å². The summed E-state index contributed by atoms with van der Waals surface area (Å²) >= 11 is 6.19. The van der Waals surface area contributed by atoms with Gasteiger partial charge in [0.2, 0.25) is 0 Å². The van der Waals surface area contributed by atoms with Gasteiger partial charge in [0, 0.05) is 25.1 Å². The Kier molecular flexibility index (Phi) is 9.90. The van der Waals surface area contributed by atoms with Crippen LogP contribution in [0.5, 0.6) is 0 Å². The number of hydrogen-bond acceptors (Lipinski definition) is 5. The molecule has 0 spiro atoms. The molecule has 0 aliphatic carbocycles. The molecule has 0 unspecified atom stereocenters. The van der Waals surface area contributed by atoms with E-state index in [1.54, 1.807) is 6.07 Å². The molecule has 1 heterocycles. The van der Waals surface area contributed by atoms with E-state index in [1.165, 1.54) is 56.6 Å². The van der Waals surface area contributed by atoms with Crippen molar-refractivity contribution in [3.05, 3.63) is 70.4 Å². The number of rotatable bonds is 8. The number of guanidine groups is 1. The Balaban J connectivity index is 2.10. The summed E-state index contributed by atoms with van der Waals surface area (Å²) in [7, 11) is 2.78. The second-order valence-corrected chi connectivity index (χ2v) is 8.34. The summed E-state index contributed by atoms with van der Waals surface area (Å²) in [6.07, 6.45) is -5.09. The molecule has 1 amide bonds. The molecular formula is C25H24ClF4N7O2. The Morgan fingerprint density at radius 3 is 2.51 bits per heavy atom. The lowest BCUT2D eigenvalue weighted by Crippen LogP contribution is -2.45. The van der Waals surface area contributed by atoms with E-state index in [-0.39, 0.29) is 40.1 Å². The van der Waals surface area contributed by atoms with Crippen molar-refractivity contribution in [2.75, 3.05) is 20.8 Å². The van der Waals surface area contributed by atoms with Crippen LogP contribution in [-0.2, 0) is 4.74 Å². The first-order valence-electron chi connectivity index (χ1n) is 11.2. The van der Waals surface area contributed by atoms with Crippen LogP contribution in [0.2, 0.25) is 5.02 Å². The summed E-state index contributed by atoms with van der Waals surface area (Å²) in [4.78, 5) is 30.0. The quantitative estimate of drug-likeness (QED) is 0.228. The lowest BCUT2D eigenvalue weighted by Gasteiger charge is -2.31. The summed E-state index contributed by atoms with van der Waals surface area (Å²) in [6.45, 7) is -0.0811. The number of hydrogen-bond donors (Lipinski definition) is 2. The maximum absolute atomic E-state index is 13.7. The fourth-order valence-corrected chi connectivity index (χ4v) is 3.84. The van der Waals surface area contributed by atoms with Crippen molar-refractivity contribution in [3.8, 4) is 0 Å². The van der Waals surface area contributed by atoms with Crippen molar-refractivity contribution in [1.82, 2.24) is 9.88 Å². The monoisotopic (exact) mass is 565 g/mol. The lowest BCUT2D eigenvalue weighted by molar-refractivity contribution is 0.0699. The molecule has 0 aliphatic heterocycles. The van der Waals surface area contributed by atoms with Crippen LogP contribution in [0.4, 0.5) is 23.2 Å². The molecule has 206 valence electrons. The number of pyridine rings is 1. The number of nitrogens with two attached hydrogens (primary N) is 2. The highest BCUT2D eigenvalue weighted by atomic mass is 35.5. The van der Waals surface area contributed by atoms with Gasteiger partial charge in [-0.25, -0.2) is 32.5 Å². The highest BCUT2D eigenvalue weighted by molar-refractivity contribution is 6.33. The summed E-state index contributed by atoms with van der Waals surface area (Å²) in [5.74, 6) is -1.63. The maximum atomic E-state index is 13.7. The second-order valence-electron chi connectivity index (χ2n) is 7.93. The fraction of sp³-hybridized carbons (Fsp3) is 0.240. The molecule has 0 saturated heterocycles. The van der Waals surface area contributed by atoms with Crippen molar-refractivity contribution in [1.29, 1.82) is 0 Å². The van der Waals surface area contributed by atoms with E-state index in [9.17, 15) is 22.4 Å². The first kappa shape index (κ1) is 29.5. The molecule has 0 saturated carbocycles. The van der Waals surface area contributed by atoms with Crippen molar-refractivity contribution in [3.63, 3.8) is 0 Å². The van der Waals surface area contributed by atoms with Gasteiger partial charge in [-0.3, -0.25) is 14.7 Å². The summed E-state index contributed by atoms with van der Waals surface area (Å²) in [6, 6.07) is 10.4. The number of amides is 1. The molecular weight excluding hydrogens is 542 g/mol. The van der Waals surface area contributed by atoms with E-state index in [0.29, 0.717) is 17.3 Å². The lowest BCUT2D eigenvalue weighted by atomic mass is 10.0. The number of aromatic nitrogens is 1. The van der Waals surface area contributed by atoms with Crippen LogP contribution in [0.3, 0.4) is 0 Å². The van der Waals surface area contributed by atoms with Gasteiger partial charge >= 0.3 is 0 Å². The fourth-order valence-electron chi connectivity index (χ4n) is 3.68. The van der Waals surface area contributed by atoms with E-state index in [4.69, 9.17) is 27.8 Å². The van der Waals surface area contributed by atoms with Crippen LogP contribution < -0.4 is 11.5 Å². The van der Waals surface area contributed by atoms with Gasteiger partial charge in [0.25, 0.3) is 18.8 Å². The molecule has 2 aromatic carbocycles. The molecule has 0 bridgehead atoms. The average Bonchev–Trinajstić information content (AvgIpc) is 2.92. The van der Waals surface area contributed by atoms with Gasteiger partial charge in [-0.2, -0.15) is 0 Å². The highest BCUT2D eigenvalue weighted by Crippen LogP contribution is 2.33. The van der Waals surface area contributed by atoms with Crippen LogP contribution in [-0.4, -0.2) is 61.1 Å². The minimum Gasteiger partial charge on any atom is -0.390 e. The topological polar surface area (TPSA) is 132 Å². The predicted octanol–water partition coefficient (Wildman–Crippen LogP) is 4.88. The van der Waals surface area contributed by atoms with Crippen LogP contribution in [0.1, 0.15) is 34.1 Å². The van der Waals surface area contributed by atoms with Gasteiger partial charge in [0.05, 0.1) is 35.2 Å². The van der Waals surface area contributed by atoms with Crippen molar-refractivity contribution in [2.24, 2.45) is 26.4 Å². The zero-order valence-electron chi connectivity index (χ0n) is 20.7. The van der Waals surface area contributed by atoms with E-state index in [0.717, 1.165) is 4.90 Å². The minimum atomic E-state index is -3.03. The number of halogens is 5. The van der Waals surface area contributed by atoms with Crippen molar-refractivity contribution in [2.45, 2.75) is 18.9 Å². The van der Waals surface area contributed by atoms with Gasteiger partial charge in [-0.1, -0.05) is 23.7 Å². The Hall–Kier alpha value is -4.10. The molecule has 9 nitrogen and oxygen atoms in total. The zero-order chi connectivity index (χ0) is 28.7. The third-order valence-electron chi connectivity index (χ3n) is 5.50. The SMILES string of the molecule is CN=C(N)N(C(=O)c1ccc2nc(C(F)F)ccc2c1)[C@H](COC)c1ccc(Cl)c(N=C(N=CN)C(F)F)c1. The molecule has 3 rings (SSSR count). The smallest absolute Gasteiger partial charge is 0.297 e. The number of fused-ring (bicyclic) bond motifs is 1. The number of carbonyl (C=O) groups is 1. The van der Waals surface area contributed by atoms with Gasteiger partial charge in [0.1, 0.15) is 5.69 Å². The molecule has 1 atom stereocenters. The van der Waals surface area contributed by atoms with E-state index >= 15 is 0 Å². The number of amidine groups is 1. The third-order valence-corrected chi connectivity index (χ3v) is 5.82. The first-order chi connectivity index (χ1) is 18.6. The molecule has 39 heavy (non-hydrogen) atoms. The largest absolute Gasteiger partial charge is 0.390 e. The van der Waals surface area contributed by atoms with Crippen LogP contribution >= 0.6 is 11.6 Å². The van der Waals surface area contributed by atoms with Crippen molar-refractivity contribution >= 4 is 52.2 Å². The molecule has 1 aromatic heterocycles. The second kappa shape index (κ2) is 13.1. The van der Waals surface area contributed by atoms with Gasteiger partial charge in [-0.15, -0.1) is 0 Å². The minimum absolute atomic E-state index is 0.0421. The van der Waals surface area contributed by atoms with Crippen LogP contribution in [0.25, 0.3) is 10.9 Å². The maximum Gasteiger partial charge on any atom is 0.297 e. The van der Waals surface area contributed by atoms with Crippen LogP contribution in [0.15, 0.2) is 63.5 Å². The molecule has 0 fully saturated rings. The third kappa shape index (κ3) is 6.86. The number of aliphatic imine (C=N–C) groups is 3. The number of benzene rings is 2. The number of nitrogens with zero attached hydrogens (tertiary/aromatic N) is 5. The number of carbonyl (C=O) groups excluding carboxylic acids is 1. The van der Waals surface area contributed by atoms with Gasteiger partial charge in [0.15, 0.2) is 11.8 Å². The Bertz CT molecular complexity index is 1430. The first-order valence-corrected chi connectivity index (χ1v) is 11.6. The Morgan fingerprint density at radius 1 is 1.15 bits per heavy atom. The Labute approximate surface area is 225 Å². The van der Waals surface area contributed by atoms with Crippen LogP contribution in [0, 0.1) is 0 Å².